The molecule has 0 spiro atoms. The lowest BCUT2D eigenvalue weighted by Gasteiger charge is -2.01. The summed E-state index contributed by atoms with van der Waals surface area (Å²) in [6.07, 6.45) is 1.38. The number of hydrogen-bond donors (Lipinski definition) is 1. The molecule has 1 amide bonds. The van der Waals surface area contributed by atoms with Crippen LogP contribution >= 0.6 is 11.6 Å². The first-order valence-electron chi connectivity index (χ1n) is 3.96. The molecular weight excluding hydrogens is 204 g/mol. The van der Waals surface area contributed by atoms with Gasteiger partial charge >= 0.3 is 0 Å². The van der Waals surface area contributed by atoms with E-state index in [1.54, 1.807) is 12.1 Å². The lowest BCUT2D eigenvalue weighted by atomic mass is 10.2. The summed E-state index contributed by atoms with van der Waals surface area (Å²) < 4.78 is 0. The predicted molar refractivity (Wildman–Crippen MR) is 53.6 cm³/mol. The average molecular weight is 213 g/mol. The maximum absolute atomic E-state index is 11.1. The number of amides is 1. The van der Waals surface area contributed by atoms with Gasteiger partial charge in [0.25, 0.3) is 0 Å². The Labute approximate surface area is 86.3 Å². The van der Waals surface area contributed by atoms with Crippen molar-refractivity contribution >= 4 is 29.1 Å². The Morgan fingerprint density at radius 1 is 1.50 bits per heavy atom. The molecule has 0 aliphatic carbocycles. The lowest BCUT2D eigenvalue weighted by molar-refractivity contribution is -0.114. The van der Waals surface area contributed by atoms with E-state index in [0.717, 1.165) is 0 Å². The van der Waals surface area contributed by atoms with Gasteiger partial charge in [0.15, 0.2) is 5.78 Å². The third-order valence-corrected chi connectivity index (χ3v) is 1.75. The van der Waals surface area contributed by atoms with Gasteiger partial charge < -0.3 is 5.32 Å². The van der Waals surface area contributed by atoms with E-state index in [0.29, 0.717) is 11.4 Å². The molecule has 1 heterocycles. The van der Waals surface area contributed by atoms with E-state index in [1.165, 1.54) is 13.1 Å². The van der Waals surface area contributed by atoms with Crippen molar-refractivity contribution in [3.05, 3.63) is 23.9 Å². The van der Waals surface area contributed by atoms with Crippen molar-refractivity contribution in [2.75, 3.05) is 11.2 Å². The Morgan fingerprint density at radius 2 is 2.21 bits per heavy atom. The van der Waals surface area contributed by atoms with E-state index in [2.05, 4.69) is 10.3 Å². The summed E-state index contributed by atoms with van der Waals surface area (Å²) in [5.41, 5.74) is 0.439. The number of Topliss-reactive ketones (excluding diaryl/α,β-unsaturated/α-hetero) is 1. The molecule has 1 N–H and O–H groups in total. The van der Waals surface area contributed by atoms with Crippen LogP contribution in [-0.2, 0) is 4.79 Å². The number of anilines is 1. The lowest BCUT2D eigenvalue weighted by Crippen LogP contribution is -2.08. The Hall–Kier alpha value is -1.42. The maximum Gasteiger partial charge on any atom is 0.222 e. The van der Waals surface area contributed by atoms with Gasteiger partial charge in [0, 0.05) is 18.7 Å². The van der Waals surface area contributed by atoms with E-state index >= 15 is 0 Å². The summed E-state index contributed by atoms with van der Waals surface area (Å²) in [6.45, 7) is 1.39. The number of hydrogen-bond acceptors (Lipinski definition) is 3. The zero-order valence-electron chi connectivity index (χ0n) is 7.58. The number of carbonyl (C=O) groups is 2. The van der Waals surface area contributed by atoms with Gasteiger partial charge in [0.1, 0.15) is 5.82 Å². The maximum atomic E-state index is 11.1. The van der Waals surface area contributed by atoms with Gasteiger partial charge in [-0.1, -0.05) is 0 Å². The second-order valence-electron chi connectivity index (χ2n) is 2.67. The molecule has 0 fully saturated rings. The smallest absolute Gasteiger partial charge is 0.222 e. The van der Waals surface area contributed by atoms with Gasteiger partial charge in [0.2, 0.25) is 5.91 Å². The van der Waals surface area contributed by atoms with E-state index in [4.69, 9.17) is 11.6 Å². The third-order valence-electron chi connectivity index (χ3n) is 1.51. The van der Waals surface area contributed by atoms with Crippen LogP contribution in [0.1, 0.15) is 17.3 Å². The van der Waals surface area contributed by atoms with Crippen molar-refractivity contribution in [2.24, 2.45) is 0 Å². The molecule has 0 unspecified atom stereocenters. The quantitative estimate of drug-likeness (QED) is 0.610. The summed E-state index contributed by atoms with van der Waals surface area (Å²) in [5, 5.41) is 2.49. The molecule has 0 bridgehead atoms. The first-order chi connectivity index (χ1) is 6.63. The number of rotatable bonds is 3. The summed E-state index contributed by atoms with van der Waals surface area (Å²) in [4.78, 5) is 25.6. The van der Waals surface area contributed by atoms with Crippen LogP contribution in [0, 0.1) is 0 Å². The average Bonchev–Trinajstić information content (AvgIpc) is 2.17. The highest BCUT2D eigenvalue weighted by molar-refractivity contribution is 6.30. The summed E-state index contributed by atoms with van der Waals surface area (Å²) in [7, 11) is 0. The van der Waals surface area contributed by atoms with Gasteiger partial charge in [-0.25, -0.2) is 4.98 Å². The van der Waals surface area contributed by atoms with Crippen LogP contribution in [-0.4, -0.2) is 22.6 Å². The number of aromatic nitrogens is 1. The molecule has 14 heavy (non-hydrogen) atoms. The highest BCUT2D eigenvalue weighted by Gasteiger charge is 2.04. The fourth-order valence-corrected chi connectivity index (χ4v) is 1.04. The second-order valence-corrected chi connectivity index (χ2v) is 2.94. The third kappa shape index (κ3) is 2.81. The zero-order chi connectivity index (χ0) is 10.6. The molecule has 1 aromatic heterocycles. The molecule has 0 aliphatic heterocycles. The van der Waals surface area contributed by atoms with Crippen molar-refractivity contribution in [1.29, 1.82) is 0 Å². The largest absolute Gasteiger partial charge is 0.311 e. The van der Waals surface area contributed by atoms with Crippen molar-refractivity contribution in [1.82, 2.24) is 4.98 Å². The Kier molecular flexibility index (Phi) is 3.59. The summed E-state index contributed by atoms with van der Waals surface area (Å²) in [6, 6.07) is 3.13. The standard InChI is InChI=1S/C9H9ClN2O2/c1-6(13)12-9-3-2-7(5-11-9)8(14)4-10/h2-3,5H,4H2,1H3,(H,11,12,13). The highest BCUT2D eigenvalue weighted by atomic mass is 35.5. The molecule has 1 aromatic rings. The minimum atomic E-state index is -0.200. The molecule has 1 rings (SSSR count). The van der Waals surface area contributed by atoms with Crippen LogP contribution in [0.4, 0.5) is 5.82 Å². The number of nitrogens with zero attached hydrogens (tertiary/aromatic N) is 1. The summed E-state index contributed by atoms with van der Waals surface area (Å²) >= 11 is 5.36. The molecule has 0 saturated heterocycles. The van der Waals surface area contributed by atoms with E-state index < -0.39 is 0 Å². The number of ketones is 1. The minimum Gasteiger partial charge on any atom is -0.311 e. The number of halogens is 1. The Morgan fingerprint density at radius 3 is 2.64 bits per heavy atom. The number of alkyl halides is 1. The van der Waals surface area contributed by atoms with Crippen molar-refractivity contribution in [3.63, 3.8) is 0 Å². The van der Waals surface area contributed by atoms with Crippen molar-refractivity contribution < 1.29 is 9.59 Å². The Balaban J connectivity index is 2.78. The Bertz CT molecular complexity index is 348. The van der Waals surface area contributed by atoms with Crippen LogP contribution in [0.2, 0.25) is 0 Å². The molecule has 0 atom stereocenters. The second kappa shape index (κ2) is 4.72. The first-order valence-corrected chi connectivity index (χ1v) is 4.49. The van der Waals surface area contributed by atoms with Crippen molar-refractivity contribution in [2.45, 2.75) is 6.92 Å². The van der Waals surface area contributed by atoms with Crippen LogP contribution < -0.4 is 5.32 Å². The SMILES string of the molecule is CC(=O)Nc1ccc(C(=O)CCl)cn1. The molecule has 0 radical (unpaired) electrons. The first kappa shape index (κ1) is 10.7. The van der Waals surface area contributed by atoms with Crippen LogP contribution in [0.15, 0.2) is 18.3 Å². The molecule has 5 heteroatoms. The zero-order valence-corrected chi connectivity index (χ0v) is 8.34. The van der Waals surface area contributed by atoms with Gasteiger partial charge in [-0.15, -0.1) is 11.6 Å². The number of pyridine rings is 1. The van der Waals surface area contributed by atoms with E-state index in [-0.39, 0.29) is 17.6 Å². The monoisotopic (exact) mass is 212 g/mol. The topological polar surface area (TPSA) is 59.1 Å². The minimum absolute atomic E-state index is 0.0683. The van der Waals surface area contributed by atoms with Gasteiger partial charge in [-0.05, 0) is 12.1 Å². The van der Waals surface area contributed by atoms with Gasteiger partial charge in [-0.3, -0.25) is 9.59 Å². The molecule has 0 aromatic carbocycles. The van der Waals surface area contributed by atoms with Crippen LogP contribution in [0.5, 0.6) is 0 Å². The fourth-order valence-electron chi connectivity index (χ4n) is 0.890. The molecule has 0 saturated carbocycles. The van der Waals surface area contributed by atoms with Crippen LogP contribution in [0.3, 0.4) is 0 Å². The van der Waals surface area contributed by atoms with Crippen molar-refractivity contribution in [3.8, 4) is 0 Å². The number of nitrogens with one attached hydrogen (secondary N) is 1. The molecule has 74 valence electrons. The normalized spacial score (nSPS) is 9.57. The molecular formula is C9H9ClN2O2. The van der Waals surface area contributed by atoms with E-state index in [1.807, 2.05) is 0 Å². The van der Waals surface area contributed by atoms with Gasteiger partial charge in [-0.2, -0.15) is 0 Å². The molecule has 0 aliphatic rings. The van der Waals surface area contributed by atoms with Gasteiger partial charge in [0.05, 0.1) is 5.88 Å². The summed E-state index contributed by atoms with van der Waals surface area (Å²) in [5.74, 6) is -0.0349. The fraction of sp³-hybridized carbons (Fsp3) is 0.222. The van der Waals surface area contributed by atoms with E-state index in [9.17, 15) is 9.59 Å². The van der Waals surface area contributed by atoms with Crippen LogP contribution in [0.25, 0.3) is 0 Å². The predicted octanol–water partition coefficient (Wildman–Crippen LogP) is 1.46. The number of carbonyl (C=O) groups excluding carboxylic acids is 2. The molecule has 4 nitrogen and oxygen atoms in total. The highest BCUT2D eigenvalue weighted by Crippen LogP contribution is 2.06.